The summed E-state index contributed by atoms with van der Waals surface area (Å²) in [5.74, 6) is -0.0444. The van der Waals surface area contributed by atoms with Crippen LogP contribution < -0.4 is 15.7 Å². The van der Waals surface area contributed by atoms with Crippen molar-refractivity contribution < 1.29 is 14.5 Å². The molecule has 0 unspecified atom stereocenters. The number of ether oxygens (including phenoxy) is 1. The number of non-ortho nitro benzene ring substituents is 1. The summed E-state index contributed by atoms with van der Waals surface area (Å²) in [7, 11) is 1.54. The molecule has 10 heteroatoms. The number of hydrogen-bond acceptors (Lipinski definition) is 7. The molecule has 1 amide bonds. The normalized spacial score (nSPS) is 10.3. The molecule has 2 aromatic carbocycles. The number of nitrogens with one attached hydrogen (secondary N) is 1. The molecular formula is C18H13N3O5S2. The third kappa shape index (κ3) is 4.13. The van der Waals surface area contributed by atoms with E-state index in [9.17, 15) is 19.7 Å². The molecule has 3 rings (SSSR count). The number of amides is 1. The van der Waals surface area contributed by atoms with Gasteiger partial charge in [-0.2, -0.15) is 4.68 Å². The zero-order valence-corrected chi connectivity index (χ0v) is 16.1. The van der Waals surface area contributed by atoms with Gasteiger partial charge in [0.25, 0.3) is 17.2 Å². The van der Waals surface area contributed by atoms with E-state index in [1.165, 1.54) is 24.3 Å². The van der Waals surface area contributed by atoms with E-state index in [0.29, 0.717) is 10.6 Å². The smallest absolute Gasteiger partial charge is 0.272 e. The number of hydrogen-bond donors (Lipinski definition) is 1. The molecule has 0 saturated carbocycles. The maximum atomic E-state index is 12.5. The molecule has 0 saturated heterocycles. The topological polar surface area (TPSA) is 103 Å². The van der Waals surface area contributed by atoms with Crippen molar-refractivity contribution in [2.24, 2.45) is 0 Å². The molecule has 3 aromatic rings. The number of aromatic nitrogens is 1. The van der Waals surface area contributed by atoms with Crippen LogP contribution in [-0.4, -0.2) is 22.6 Å². The average Bonchev–Trinajstić information content (AvgIpc) is 2.70. The molecule has 0 radical (unpaired) electrons. The van der Waals surface area contributed by atoms with Crippen LogP contribution in [0.15, 0.2) is 59.4 Å². The van der Waals surface area contributed by atoms with Gasteiger partial charge in [0.05, 0.1) is 12.0 Å². The standard InChI is InChI=1S/C18H13N3O5S2/c1-26-14-7-3-4-11(9-14)15-10-16(22)20(18(27)28-15)19-17(23)12-5-2-6-13(8-12)21(24)25/h2-10H,1H3,(H,19,23). The second kappa shape index (κ2) is 8.11. The molecule has 1 aromatic heterocycles. The fraction of sp³-hybridized carbons (Fsp3) is 0.0556. The van der Waals surface area contributed by atoms with Gasteiger partial charge in [0.1, 0.15) is 5.75 Å². The monoisotopic (exact) mass is 415 g/mol. The number of nitrogens with zero attached hydrogens (tertiary/aromatic N) is 2. The van der Waals surface area contributed by atoms with Gasteiger partial charge in [-0.25, -0.2) is 0 Å². The summed E-state index contributed by atoms with van der Waals surface area (Å²) in [6, 6.07) is 13.7. The molecule has 0 aliphatic heterocycles. The van der Waals surface area contributed by atoms with Crippen LogP contribution in [-0.2, 0) is 0 Å². The minimum Gasteiger partial charge on any atom is -0.497 e. The first-order chi connectivity index (χ1) is 13.4. The van der Waals surface area contributed by atoms with Crippen LogP contribution in [0, 0.1) is 14.1 Å². The highest BCUT2D eigenvalue weighted by Crippen LogP contribution is 2.26. The Kier molecular flexibility index (Phi) is 5.62. The molecule has 1 heterocycles. The number of carbonyl (C=O) groups excluding carboxylic acids is 1. The summed E-state index contributed by atoms with van der Waals surface area (Å²) in [5.41, 5.74) is 2.43. The van der Waals surface area contributed by atoms with E-state index in [1.54, 1.807) is 25.3 Å². The van der Waals surface area contributed by atoms with Crippen LogP contribution >= 0.6 is 23.6 Å². The summed E-state index contributed by atoms with van der Waals surface area (Å²) < 4.78 is 6.24. The minimum atomic E-state index is -0.682. The van der Waals surface area contributed by atoms with Crippen LogP contribution in [0.3, 0.4) is 0 Å². The molecule has 0 aliphatic rings. The molecule has 0 spiro atoms. The van der Waals surface area contributed by atoms with Crippen molar-refractivity contribution >= 4 is 35.1 Å². The first-order valence-electron chi connectivity index (χ1n) is 7.86. The summed E-state index contributed by atoms with van der Waals surface area (Å²) in [6.45, 7) is 0. The van der Waals surface area contributed by atoms with Crippen molar-refractivity contribution in [2.45, 2.75) is 0 Å². The van der Waals surface area contributed by atoms with E-state index in [1.807, 2.05) is 6.07 Å². The predicted octanol–water partition coefficient (Wildman–Crippen LogP) is 3.61. The Balaban J connectivity index is 1.92. The molecular weight excluding hydrogens is 402 g/mol. The Bertz CT molecular complexity index is 1150. The van der Waals surface area contributed by atoms with E-state index in [-0.39, 0.29) is 15.2 Å². The molecule has 0 atom stereocenters. The predicted molar refractivity (Wildman–Crippen MR) is 108 cm³/mol. The highest BCUT2D eigenvalue weighted by Gasteiger charge is 2.14. The van der Waals surface area contributed by atoms with Crippen molar-refractivity contribution in [1.82, 2.24) is 4.68 Å². The molecule has 0 fully saturated rings. The average molecular weight is 415 g/mol. The van der Waals surface area contributed by atoms with Crippen molar-refractivity contribution in [3.63, 3.8) is 0 Å². The number of nitro benzene ring substituents is 1. The van der Waals surface area contributed by atoms with E-state index < -0.39 is 16.4 Å². The first-order valence-corrected chi connectivity index (χ1v) is 9.09. The number of carbonyl (C=O) groups is 1. The molecule has 0 bridgehead atoms. The van der Waals surface area contributed by atoms with Crippen LogP contribution in [0.1, 0.15) is 10.4 Å². The van der Waals surface area contributed by atoms with Crippen molar-refractivity contribution in [3.8, 4) is 16.2 Å². The lowest BCUT2D eigenvalue weighted by molar-refractivity contribution is -0.384. The maximum absolute atomic E-state index is 12.5. The quantitative estimate of drug-likeness (QED) is 0.388. The lowest BCUT2D eigenvalue weighted by Gasteiger charge is -2.09. The summed E-state index contributed by atoms with van der Waals surface area (Å²) in [5, 5.41) is 10.9. The first kappa shape index (κ1) is 19.4. The van der Waals surface area contributed by atoms with Gasteiger partial charge in [0, 0.05) is 28.6 Å². The second-order valence-electron chi connectivity index (χ2n) is 5.53. The van der Waals surface area contributed by atoms with Crippen molar-refractivity contribution in [3.05, 3.63) is 84.6 Å². The van der Waals surface area contributed by atoms with Gasteiger partial charge >= 0.3 is 0 Å². The highest BCUT2D eigenvalue weighted by molar-refractivity contribution is 7.73. The van der Waals surface area contributed by atoms with Gasteiger partial charge in [-0.05, 0) is 36.0 Å². The summed E-state index contributed by atoms with van der Waals surface area (Å²) in [4.78, 5) is 35.7. The SMILES string of the molecule is COc1cccc(-c2cc(=O)n(NC(=O)c3cccc([N+](=O)[O-])c3)c(=S)s2)c1. The summed E-state index contributed by atoms with van der Waals surface area (Å²) >= 11 is 6.39. The summed E-state index contributed by atoms with van der Waals surface area (Å²) in [6.07, 6.45) is 0. The van der Waals surface area contributed by atoms with Gasteiger partial charge in [-0.3, -0.25) is 25.1 Å². The molecule has 0 aliphatic carbocycles. The van der Waals surface area contributed by atoms with Crippen molar-refractivity contribution in [2.75, 3.05) is 12.5 Å². The van der Waals surface area contributed by atoms with Crippen molar-refractivity contribution in [1.29, 1.82) is 0 Å². The Labute approximate surface area is 167 Å². The molecule has 8 nitrogen and oxygen atoms in total. The van der Waals surface area contributed by atoms with E-state index in [4.69, 9.17) is 17.0 Å². The molecule has 28 heavy (non-hydrogen) atoms. The maximum Gasteiger partial charge on any atom is 0.272 e. The van der Waals surface area contributed by atoms with Gasteiger partial charge < -0.3 is 4.74 Å². The molecule has 1 N–H and O–H groups in total. The van der Waals surface area contributed by atoms with Crippen LogP contribution in [0.2, 0.25) is 0 Å². The number of benzene rings is 2. The minimum absolute atomic E-state index is 0.0392. The Morgan fingerprint density at radius 3 is 2.64 bits per heavy atom. The Hall–Kier alpha value is -3.37. The zero-order chi connectivity index (χ0) is 20.3. The van der Waals surface area contributed by atoms with Gasteiger partial charge in [-0.1, -0.05) is 18.2 Å². The fourth-order valence-electron chi connectivity index (χ4n) is 2.38. The van der Waals surface area contributed by atoms with E-state index in [0.717, 1.165) is 27.6 Å². The Morgan fingerprint density at radius 1 is 1.21 bits per heavy atom. The van der Waals surface area contributed by atoms with Crippen LogP contribution in [0.25, 0.3) is 10.4 Å². The lowest BCUT2D eigenvalue weighted by atomic mass is 10.2. The highest BCUT2D eigenvalue weighted by atomic mass is 32.1. The fourth-order valence-corrected chi connectivity index (χ4v) is 3.61. The second-order valence-corrected chi connectivity index (χ2v) is 7.21. The van der Waals surface area contributed by atoms with E-state index in [2.05, 4.69) is 5.43 Å². The van der Waals surface area contributed by atoms with Crippen LogP contribution in [0.5, 0.6) is 5.75 Å². The van der Waals surface area contributed by atoms with Crippen LogP contribution in [0.4, 0.5) is 5.69 Å². The van der Waals surface area contributed by atoms with Gasteiger partial charge in [-0.15, -0.1) is 11.3 Å². The Morgan fingerprint density at radius 2 is 1.96 bits per heavy atom. The number of methoxy groups -OCH3 is 1. The van der Waals surface area contributed by atoms with Gasteiger partial charge in [0.15, 0.2) is 3.95 Å². The number of nitro groups is 1. The third-order valence-electron chi connectivity index (χ3n) is 3.74. The number of rotatable bonds is 5. The zero-order valence-electron chi connectivity index (χ0n) is 14.4. The van der Waals surface area contributed by atoms with E-state index >= 15 is 0 Å². The van der Waals surface area contributed by atoms with Gasteiger partial charge in [0.2, 0.25) is 0 Å². The third-order valence-corrected chi connectivity index (χ3v) is 5.10. The molecule has 142 valence electrons. The largest absolute Gasteiger partial charge is 0.497 e. The lowest BCUT2D eigenvalue weighted by Crippen LogP contribution is -2.32.